The maximum Gasteiger partial charge on any atom is 0.347 e. The summed E-state index contributed by atoms with van der Waals surface area (Å²) in [6, 6.07) is 9.41. The molecule has 0 bridgehead atoms. The molecule has 1 amide bonds. The first-order chi connectivity index (χ1) is 10.5. The Morgan fingerprint density at radius 3 is 2.55 bits per heavy atom. The number of nitrogens with zero attached hydrogens (tertiary/aromatic N) is 1. The Kier molecular flexibility index (Phi) is 5.11. The standard InChI is InChI=1S/C15H16N2O4S/c1-2-11-13(14(19)20)22-15(21)17(11)9-12(18)16-8-10-6-4-3-5-7-10/h3-7H,2,8-9H2,1H3,(H,16,18)(H,19,20). The SMILES string of the molecule is CCc1c(C(=O)O)sc(=O)n1CC(=O)NCc1ccccc1. The lowest BCUT2D eigenvalue weighted by Crippen LogP contribution is -2.31. The van der Waals surface area contributed by atoms with Crippen LogP contribution >= 0.6 is 11.3 Å². The van der Waals surface area contributed by atoms with Gasteiger partial charge in [0.05, 0.1) is 0 Å². The summed E-state index contributed by atoms with van der Waals surface area (Å²) in [5, 5.41) is 11.8. The Balaban J connectivity index is 2.08. The maximum absolute atomic E-state index is 12.0. The topological polar surface area (TPSA) is 88.4 Å². The van der Waals surface area contributed by atoms with Gasteiger partial charge in [-0.2, -0.15) is 0 Å². The predicted molar refractivity (Wildman–Crippen MR) is 83.2 cm³/mol. The van der Waals surface area contributed by atoms with Crippen LogP contribution in [0.15, 0.2) is 35.1 Å². The second-order valence-corrected chi connectivity index (χ2v) is 5.61. The summed E-state index contributed by atoms with van der Waals surface area (Å²) in [6.07, 6.45) is 0.381. The Labute approximate surface area is 131 Å². The second kappa shape index (κ2) is 7.04. The molecule has 0 saturated carbocycles. The minimum absolute atomic E-state index is 0.00311. The Morgan fingerprint density at radius 2 is 1.95 bits per heavy atom. The van der Waals surface area contributed by atoms with Crippen molar-refractivity contribution in [1.82, 2.24) is 9.88 Å². The molecule has 0 spiro atoms. The highest BCUT2D eigenvalue weighted by Gasteiger charge is 2.20. The van der Waals surface area contributed by atoms with Crippen LogP contribution in [-0.4, -0.2) is 21.6 Å². The molecular weight excluding hydrogens is 304 g/mol. The van der Waals surface area contributed by atoms with Crippen molar-refractivity contribution in [3.05, 3.63) is 56.1 Å². The first-order valence-electron chi connectivity index (χ1n) is 6.79. The highest BCUT2D eigenvalue weighted by molar-refractivity contribution is 7.11. The van der Waals surface area contributed by atoms with Crippen molar-refractivity contribution in [2.45, 2.75) is 26.4 Å². The Hall–Kier alpha value is -2.41. The molecule has 1 aromatic carbocycles. The van der Waals surface area contributed by atoms with Gasteiger partial charge in [-0.25, -0.2) is 4.79 Å². The van der Waals surface area contributed by atoms with Crippen molar-refractivity contribution < 1.29 is 14.7 Å². The van der Waals surface area contributed by atoms with E-state index < -0.39 is 10.8 Å². The molecule has 1 heterocycles. The predicted octanol–water partition coefficient (Wildman–Crippen LogP) is 1.49. The maximum atomic E-state index is 12.0. The molecule has 0 radical (unpaired) electrons. The van der Waals surface area contributed by atoms with Crippen LogP contribution in [0.4, 0.5) is 0 Å². The third-order valence-electron chi connectivity index (χ3n) is 3.16. The van der Waals surface area contributed by atoms with E-state index in [0.29, 0.717) is 30.0 Å². The first-order valence-corrected chi connectivity index (χ1v) is 7.61. The van der Waals surface area contributed by atoms with Gasteiger partial charge in [-0.1, -0.05) is 48.6 Å². The van der Waals surface area contributed by atoms with E-state index in [4.69, 9.17) is 5.11 Å². The van der Waals surface area contributed by atoms with Gasteiger partial charge in [-0.15, -0.1) is 0 Å². The molecule has 7 heteroatoms. The molecule has 0 aliphatic carbocycles. The quantitative estimate of drug-likeness (QED) is 0.844. The Morgan fingerprint density at radius 1 is 1.27 bits per heavy atom. The monoisotopic (exact) mass is 320 g/mol. The van der Waals surface area contributed by atoms with E-state index in [0.717, 1.165) is 5.56 Å². The van der Waals surface area contributed by atoms with E-state index in [-0.39, 0.29) is 17.3 Å². The van der Waals surface area contributed by atoms with Gasteiger partial charge in [0, 0.05) is 12.2 Å². The molecule has 2 N–H and O–H groups in total. The number of aromatic carboxylic acids is 1. The van der Waals surface area contributed by atoms with Crippen molar-refractivity contribution in [3.63, 3.8) is 0 Å². The van der Waals surface area contributed by atoms with Crippen LogP contribution in [-0.2, 0) is 24.3 Å². The minimum atomic E-state index is -1.14. The summed E-state index contributed by atoms with van der Waals surface area (Å²) in [4.78, 5) is 34.5. The Bertz CT molecular complexity index is 734. The van der Waals surface area contributed by atoms with Gasteiger partial charge in [-0.3, -0.25) is 14.2 Å². The van der Waals surface area contributed by atoms with Crippen LogP contribution in [0.2, 0.25) is 0 Å². The van der Waals surface area contributed by atoms with Crippen LogP contribution in [0.25, 0.3) is 0 Å². The van der Waals surface area contributed by atoms with Gasteiger partial charge >= 0.3 is 10.8 Å². The van der Waals surface area contributed by atoms with E-state index in [9.17, 15) is 14.4 Å². The number of carboxylic acid groups (broad SMARTS) is 1. The van der Waals surface area contributed by atoms with Crippen molar-refractivity contribution >= 4 is 23.2 Å². The molecule has 0 aliphatic heterocycles. The van der Waals surface area contributed by atoms with Crippen LogP contribution < -0.4 is 10.2 Å². The molecule has 0 saturated heterocycles. The number of hydrogen-bond acceptors (Lipinski definition) is 4. The lowest BCUT2D eigenvalue weighted by Gasteiger charge is -2.08. The number of carboxylic acids is 1. The van der Waals surface area contributed by atoms with Crippen molar-refractivity contribution in [2.75, 3.05) is 0 Å². The zero-order chi connectivity index (χ0) is 16.1. The van der Waals surface area contributed by atoms with Crippen LogP contribution in [0, 0.1) is 0 Å². The van der Waals surface area contributed by atoms with Gasteiger partial charge in [0.25, 0.3) is 0 Å². The molecule has 0 unspecified atom stereocenters. The summed E-state index contributed by atoms with van der Waals surface area (Å²) < 4.78 is 1.23. The number of rotatable bonds is 6. The third-order valence-corrected chi connectivity index (χ3v) is 4.17. The zero-order valence-electron chi connectivity index (χ0n) is 12.0. The molecule has 116 valence electrons. The fourth-order valence-electron chi connectivity index (χ4n) is 2.11. The van der Waals surface area contributed by atoms with Gasteiger partial charge in [-0.05, 0) is 12.0 Å². The normalized spacial score (nSPS) is 10.4. The lowest BCUT2D eigenvalue weighted by atomic mass is 10.2. The largest absolute Gasteiger partial charge is 0.477 e. The van der Waals surface area contributed by atoms with E-state index in [2.05, 4.69) is 5.32 Å². The number of aromatic nitrogens is 1. The van der Waals surface area contributed by atoms with E-state index in [1.54, 1.807) is 6.92 Å². The average Bonchev–Trinajstić information content (AvgIpc) is 2.83. The van der Waals surface area contributed by atoms with Crippen molar-refractivity contribution in [2.24, 2.45) is 0 Å². The van der Waals surface area contributed by atoms with Crippen molar-refractivity contribution in [1.29, 1.82) is 0 Å². The summed E-state index contributed by atoms with van der Waals surface area (Å²) in [6.45, 7) is 1.96. The highest BCUT2D eigenvalue weighted by Crippen LogP contribution is 2.13. The summed E-state index contributed by atoms with van der Waals surface area (Å²) in [5.41, 5.74) is 1.34. The summed E-state index contributed by atoms with van der Waals surface area (Å²) in [7, 11) is 0. The summed E-state index contributed by atoms with van der Waals surface area (Å²) in [5.74, 6) is -1.46. The van der Waals surface area contributed by atoms with E-state index in [1.807, 2.05) is 30.3 Å². The fourth-order valence-corrected chi connectivity index (χ4v) is 3.03. The van der Waals surface area contributed by atoms with Gasteiger partial charge in [0.1, 0.15) is 11.4 Å². The highest BCUT2D eigenvalue weighted by atomic mass is 32.1. The molecule has 0 fully saturated rings. The number of nitrogens with one attached hydrogen (secondary N) is 1. The minimum Gasteiger partial charge on any atom is -0.477 e. The molecule has 6 nitrogen and oxygen atoms in total. The number of amides is 1. The summed E-state index contributed by atoms with van der Waals surface area (Å²) >= 11 is 0.658. The third kappa shape index (κ3) is 3.62. The molecule has 0 aliphatic rings. The van der Waals surface area contributed by atoms with E-state index in [1.165, 1.54) is 4.57 Å². The van der Waals surface area contributed by atoms with Crippen molar-refractivity contribution in [3.8, 4) is 0 Å². The lowest BCUT2D eigenvalue weighted by molar-refractivity contribution is -0.121. The number of carbonyl (C=O) groups excluding carboxylic acids is 1. The van der Waals surface area contributed by atoms with Crippen LogP contribution in [0.3, 0.4) is 0 Å². The zero-order valence-corrected chi connectivity index (χ0v) is 12.9. The van der Waals surface area contributed by atoms with Crippen LogP contribution in [0.1, 0.15) is 27.9 Å². The number of thiazole rings is 1. The number of benzene rings is 1. The molecule has 2 rings (SSSR count). The average molecular weight is 320 g/mol. The molecule has 1 aromatic heterocycles. The fraction of sp³-hybridized carbons (Fsp3) is 0.267. The van der Waals surface area contributed by atoms with Gasteiger partial charge in [0.2, 0.25) is 5.91 Å². The smallest absolute Gasteiger partial charge is 0.347 e. The second-order valence-electron chi connectivity index (χ2n) is 4.65. The van der Waals surface area contributed by atoms with Gasteiger partial charge < -0.3 is 10.4 Å². The molecular formula is C15H16N2O4S. The number of hydrogen-bond donors (Lipinski definition) is 2. The molecule has 0 atom stereocenters. The van der Waals surface area contributed by atoms with Crippen LogP contribution in [0.5, 0.6) is 0 Å². The first kappa shape index (κ1) is 16.0. The molecule has 22 heavy (non-hydrogen) atoms. The van der Waals surface area contributed by atoms with Gasteiger partial charge in [0.15, 0.2) is 0 Å². The number of carbonyl (C=O) groups is 2. The molecule has 2 aromatic rings. The van der Waals surface area contributed by atoms with E-state index >= 15 is 0 Å².